The minimum absolute atomic E-state index is 0.520. The summed E-state index contributed by atoms with van der Waals surface area (Å²) >= 11 is 0. The average molecular weight is 362 g/mol. The third-order valence-corrected chi connectivity index (χ3v) is 6.34. The number of nitrogens with zero attached hydrogens (tertiary/aromatic N) is 1. The molecule has 1 aromatic heterocycles. The van der Waals surface area contributed by atoms with E-state index in [-0.39, 0.29) is 0 Å². The van der Waals surface area contributed by atoms with Crippen molar-refractivity contribution >= 4 is 21.4 Å². The fourth-order valence-electron chi connectivity index (χ4n) is 2.18. The Morgan fingerprint density at radius 1 is 1.20 bits per heavy atom. The molecule has 1 heterocycles. The highest BCUT2D eigenvalue weighted by atomic mass is 32.2. The van der Waals surface area contributed by atoms with E-state index < -0.39 is 26.2 Å². The maximum atomic E-state index is 12.2. The fourth-order valence-corrected chi connectivity index (χ4v) is 3.35. The highest BCUT2D eigenvalue weighted by molar-refractivity contribution is 7.93. The van der Waals surface area contributed by atoms with Gasteiger partial charge in [0.25, 0.3) is 0 Å². The van der Waals surface area contributed by atoms with E-state index in [0.29, 0.717) is 17.2 Å². The lowest BCUT2D eigenvalue weighted by molar-refractivity contribution is -0.115. The number of anilines is 1. The summed E-state index contributed by atoms with van der Waals surface area (Å²) in [6.07, 6.45) is 3.26. The summed E-state index contributed by atoms with van der Waals surface area (Å²) < 4.78 is 29.9. The second-order valence-electron chi connectivity index (χ2n) is 6.04. The summed E-state index contributed by atoms with van der Waals surface area (Å²) in [7, 11) is -3.50. The lowest BCUT2D eigenvalue weighted by Crippen LogP contribution is -2.36. The van der Waals surface area contributed by atoms with Crippen molar-refractivity contribution in [3.8, 4) is 11.5 Å². The molecule has 0 radical (unpaired) electrons. The highest BCUT2D eigenvalue weighted by Crippen LogP contribution is 2.27. The third-order valence-electron chi connectivity index (χ3n) is 3.82. The zero-order valence-corrected chi connectivity index (χ0v) is 15.5. The highest BCUT2D eigenvalue weighted by Gasteiger charge is 2.30. The molecule has 0 saturated heterocycles. The molecule has 0 aliphatic heterocycles. The number of carbonyl (C=O) groups excluding carboxylic acids is 1. The summed E-state index contributed by atoms with van der Waals surface area (Å²) in [4.78, 5) is 16.2. The van der Waals surface area contributed by atoms with Gasteiger partial charge < -0.3 is 10.1 Å². The predicted octanol–water partition coefficient (Wildman–Crippen LogP) is 3.33. The number of benzene rings is 1. The van der Waals surface area contributed by atoms with Gasteiger partial charge in [0.05, 0.1) is 11.4 Å². The molecule has 134 valence electrons. The Hall–Kier alpha value is -2.41. The Bertz CT molecular complexity index is 849. The molecule has 1 amide bonds. The molecule has 0 aliphatic rings. The van der Waals surface area contributed by atoms with Gasteiger partial charge in [-0.2, -0.15) is 0 Å². The van der Waals surface area contributed by atoms with Crippen LogP contribution in [-0.2, 0) is 14.6 Å². The number of hydrogen-bond donors (Lipinski definition) is 1. The maximum absolute atomic E-state index is 12.2. The first kappa shape index (κ1) is 18.9. The molecule has 6 nitrogen and oxygen atoms in total. The van der Waals surface area contributed by atoms with E-state index in [1.54, 1.807) is 56.6 Å². The van der Waals surface area contributed by atoms with Crippen LogP contribution in [-0.4, -0.2) is 29.8 Å². The second kappa shape index (κ2) is 7.65. The van der Waals surface area contributed by atoms with Crippen LogP contribution in [0.3, 0.4) is 0 Å². The van der Waals surface area contributed by atoms with Crippen LogP contribution < -0.4 is 10.1 Å². The SMILES string of the molecule is Cc1cc(NC(=O)C(C)S(=O)(=O)C(C)C)ccc1Oc1cccnc1. The van der Waals surface area contributed by atoms with Gasteiger partial charge in [-0.25, -0.2) is 8.42 Å². The van der Waals surface area contributed by atoms with E-state index in [1.165, 1.54) is 6.92 Å². The van der Waals surface area contributed by atoms with Gasteiger partial charge >= 0.3 is 0 Å². The Morgan fingerprint density at radius 2 is 1.92 bits per heavy atom. The van der Waals surface area contributed by atoms with Gasteiger partial charge in [0, 0.05) is 11.9 Å². The number of ether oxygens (including phenoxy) is 1. The number of aryl methyl sites for hydroxylation is 1. The van der Waals surface area contributed by atoms with Crippen molar-refractivity contribution in [3.05, 3.63) is 48.3 Å². The molecule has 0 fully saturated rings. The first-order valence-electron chi connectivity index (χ1n) is 7.94. The molecule has 1 atom stereocenters. The lowest BCUT2D eigenvalue weighted by atomic mass is 10.2. The summed E-state index contributed by atoms with van der Waals surface area (Å²) in [5.41, 5.74) is 1.33. The van der Waals surface area contributed by atoms with Crippen molar-refractivity contribution in [1.29, 1.82) is 0 Å². The second-order valence-corrected chi connectivity index (χ2v) is 8.87. The molecule has 2 rings (SSSR count). The Balaban J connectivity index is 2.11. The summed E-state index contributed by atoms with van der Waals surface area (Å²) in [6, 6.07) is 8.69. The molecule has 0 spiro atoms. The van der Waals surface area contributed by atoms with E-state index in [9.17, 15) is 13.2 Å². The van der Waals surface area contributed by atoms with E-state index in [4.69, 9.17) is 4.74 Å². The first-order valence-corrected chi connectivity index (χ1v) is 9.55. The summed E-state index contributed by atoms with van der Waals surface area (Å²) in [5, 5.41) is 0.930. The minimum atomic E-state index is -3.50. The number of rotatable bonds is 6. The molecule has 7 heteroatoms. The zero-order valence-electron chi connectivity index (χ0n) is 14.7. The predicted molar refractivity (Wildman–Crippen MR) is 97.6 cm³/mol. The van der Waals surface area contributed by atoms with Crippen molar-refractivity contribution < 1.29 is 17.9 Å². The van der Waals surface area contributed by atoms with Crippen LogP contribution >= 0.6 is 0 Å². The normalized spacial score (nSPS) is 12.7. The van der Waals surface area contributed by atoms with Crippen molar-refractivity contribution in [1.82, 2.24) is 4.98 Å². The summed E-state index contributed by atoms with van der Waals surface area (Å²) in [6.45, 7) is 6.37. The lowest BCUT2D eigenvalue weighted by Gasteiger charge is -2.16. The number of carbonyl (C=O) groups is 1. The molecule has 0 aliphatic carbocycles. The first-order chi connectivity index (χ1) is 11.7. The standard InChI is InChI=1S/C18H22N2O4S/c1-12(2)25(22,23)14(4)18(21)20-15-7-8-17(13(3)10-15)24-16-6-5-9-19-11-16/h5-12,14H,1-4H3,(H,20,21). The van der Waals surface area contributed by atoms with Crippen LogP contribution in [0.25, 0.3) is 0 Å². The van der Waals surface area contributed by atoms with Gasteiger partial charge in [0.15, 0.2) is 9.84 Å². The topological polar surface area (TPSA) is 85.4 Å². The van der Waals surface area contributed by atoms with E-state index in [0.717, 1.165) is 5.56 Å². The number of sulfone groups is 1. The van der Waals surface area contributed by atoms with Crippen molar-refractivity contribution in [2.45, 2.75) is 38.2 Å². The van der Waals surface area contributed by atoms with Crippen LogP contribution in [0, 0.1) is 6.92 Å². The van der Waals surface area contributed by atoms with Crippen LogP contribution in [0.15, 0.2) is 42.7 Å². The molecule has 1 aromatic carbocycles. The van der Waals surface area contributed by atoms with E-state index in [2.05, 4.69) is 10.3 Å². The van der Waals surface area contributed by atoms with Crippen molar-refractivity contribution in [2.75, 3.05) is 5.32 Å². The van der Waals surface area contributed by atoms with Crippen LogP contribution in [0.4, 0.5) is 5.69 Å². The molecule has 1 unspecified atom stereocenters. The maximum Gasteiger partial charge on any atom is 0.242 e. The van der Waals surface area contributed by atoms with Gasteiger partial charge in [0.1, 0.15) is 16.7 Å². The molecule has 0 saturated carbocycles. The number of hydrogen-bond acceptors (Lipinski definition) is 5. The van der Waals surface area contributed by atoms with Crippen molar-refractivity contribution in [2.24, 2.45) is 0 Å². The van der Waals surface area contributed by atoms with Gasteiger partial charge in [0.2, 0.25) is 5.91 Å². The molecule has 2 aromatic rings. The quantitative estimate of drug-likeness (QED) is 0.852. The van der Waals surface area contributed by atoms with Crippen LogP contribution in [0.2, 0.25) is 0 Å². The van der Waals surface area contributed by atoms with Crippen molar-refractivity contribution in [3.63, 3.8) is 0 Å². The summed E-state index contributed by atoms with van der Waals surface area (Å²) in [5.74, 6) is 0.696. The van der Waals surface area contributed by atoms with Gasteiger partial charge in [-0.1, -0.05) is 0 Å². The van der Waals surface area contributed by atoms with Crippen LogP contribution in [0.5, 0.6) is 11.5 Å². The number of amides is 1. The monoisotopic (exact) mass is 362 g/mol. The van der Waals surface area contributed by atoms with E-state index in [1.807, 2.05) is 6.92 Å². The Morgan fingerprint density at radius 3 is 2.48 bits per heavy atom. The largest absolute Gasteiger partial charge is 0.455 e. The molecule has 0 bridgehead atoms. The number of pyridine rings is 1. The molecular weight excluding hydrogens is 340 g/mol. The Labute approximate surface area is 148 Å². The molecule has 1 N–H and O–H groups in total. The average Bonchev–Trinajstić information content (AvgIpc) is 2.57. The third kappa shape index (κ3) is 4.57. The zero-order chi connectivity index (χ0) is 18.6. The van der Waals surface area contributed by atoms with Gasteiger partial charge in [-0.15, -0.1) is 0 Å². The molecule has 25 heavy (non-hydrogen) atoms. The smallest absolute Gasteiger partial charge is 0.242 e. The fraction of sp³-hybridized carbons (Fsp3) is 0.333. The Kier molecular flexibility index (Phi) is 5.79. The van der Waals surface area contributed by atoms with Crippen LogP contribution in [0.1, 0.15) is 26.3 Å². The van der Waals surface area contributed by atoms with Gasteiger partial charge in [-0.3, -0.25) is 9.78 Å². The molecular formula is C18H22N2O4S. The number of aromatic nitrogens is 1. The number of nitrogens with one attached hydrogen (secondary N) is 1. The van der Waals surface area contributed by atoms with Gasteiger partial charge in [-0.05, 0) is 63.6 Å². The minimum Gasteiger partial charge on any atom is -0.455 e. The van der Waals surface area contributed by atoms with E-state index >= 15 is 0 Å².